The summed E-state index contributed by atoms with van der Waals surface area (Å²) in [5.74, 6) is 1.44. The van der Waals surface area contributed by atoms with Crippen molar-refractivity contribution in [3.05, 3.63) is 77.9 Å². The van der Waals surface area contributed by atoms with Gasteiger partial charge in [0.1, 0.15) is 17.6 Å². The Hall–Kier alpha value is -4.84. The van der Waals surface area contributed by atoms with Crippen molar-refractivity contribution in [1.29, 1.82) is 0 Å². The Balaban J connectivity index is 1.16. The third-order valence-electron chi connectivity index (χ3n) is 7.10. The Kier molecular flexibility index (Phi) is 8.01. The number of hydrogen-bond acceptors (Lipinski definition) is 9. The largest absolute Gasteiger partial charge is 0.497 e. The van der Waals surface area contributed by atoms with E-state index in [-0.39, 0.29) is 37.5 Å². The number of benzene rings is 3. The summed E-state index contributed by atoms with van der Waals surface area (Å²) in [6.45, 7) is 2.33. The average Bonchev–Trinajstić information content (AvgIpc) is 3.63. The highest BCUT2D eigenvalue weighted by atomic mass is 32.2. The van der Waals surface area contributed by atoms with Crippen LogP contribution in [0, 0.1) is 0 Å². The van der Waals surface area contributed by atoms with Crippen LogP contribution in [0.1, 0.15) is 30.9 Å². The topological polar surface area (TPSA) is 131 Å². The van der Waals surface area contributed by atoms with Gasteiger partial charge in [0.2, 0.25) is 18.6 Å². The lowest BCUT2D eigenvalue weighted by Gasteiger charge is -2.27. The van der Waals surface area contributed by atoms with E-state index in [1.165, 1.54) is 16.7 Å². The van der Waals surface area contributed by atoms with Crippen LogP contribution in [0.2, 0.25) is 0 Å². The minimum Gasteiger partial charge on any atom is -0.497 e. The predicted molar refractivity (Wildman–Crippen MR) is 163 cm³/mol. The maximum Gasteiger partial charge on any atom is 0.259 e. The van der Waals surface area contributed by atoms with Gasteiger partial charge in [-0.3, -0.25) is 19.4 Å². The molecule has 0 bridgehead atoms. The molecule has 0 aliphatic carbocycles. The van der Waals surface area contributed by atoms with E-state index in [0.717, 1.165) is 5.56 Å². The van der Waals surface area contributed by atoms with Crippen molar-refractivity contribution in [2.24, 2.45) is 9.98 Å². The van der Waals surface area contributed by atoms with Gasteiger partial charge in [-0.1, -0.05) is 43.0 Å². The second-order valence-corrected chi connectivity index (χ2v) is 11.1. The van der Waals surface area contributed by atoms with Gasteiger partial charge in [0.15, 0.2) is 16.7 Å². The molecule has 3 aliphatic rings. The molecule has 0 fully saturated rings. The zero-order valence-corrected chi connectivity index (χ0v) is 24.3. The number of amides is 3. The molecule has 11 nitrogen and oxygen atoms in total. The van der Waals surface area contributed by atoms with Gasteiger partial charge in [-0.05, 0) is 48.4 Å². The van der Waals surface area contributed by atoms with E-state index in [1.807, 2.05) is 43.3 Å². The van der Waals surface area contributed by atoms with Gasteiger partial charge >= 0.3 is 0 Å². The Morgan fingerprint density at radius 1 is 1.09 bits per heavy atom. The second kappa shape index (κ2) is 12.2. The van der Waals surface area contributed by atoms with Crippen molar-refractivity contribution >= 4 is 51.9 Å². The Labute approximate surface area is 252 Å². The summed E-state index contributed by atoms with van der Waals surface area (Å²) in [7, 11) is 1.56. The molecule has 2 atom stereocenters. The highest BCUT2D eigenvalue weighted by Gasteiger charge is 2.43. The molecule has 220 valence electrons. The van der Waals surface area contributed by atoms with Crippen molar-refractivity contribution < 1.29 is 28.6 Å². The minimum atomic E-state index is -0.922. The number of rotatable bonds is 9. The summed E-state index contributed by atoms with van der Waals surface area (Å²) in [5.41, 5.74) is 2.78. The first-order valence-corrected chi connectivity index (χ1v) is 14.7. The van der Waals surface area contributed by atoms with E-state index < -0.39 is 11.3 Å². The van der Waals surface area contributed by atoms with E-state index in [9.17, 15) is 14.4 Å². The number of nitrogens with zero attached hydrogens (tertiary/aromatic N) is 3. The van der Waals surface area contributed by atoms with E-state index in [1.54, 1.807) is 37.4 Å². The molecule has 3 aromatic rings. The van der Waals surface area contributed by atoms with Gasteiger partial charge in [-0.25, -0.2) is 9.89 Å². The summed E-state index contributed by atoms with van der Waals surface area (Å²) in [4.78, 5) is 50.7. The number of carbonyl (C=O) groups excluding carboxylic acids is 3. The number of carbonyl (C=O) groups is 3. The van der Waals surface area contributed by atoms with Gasteiger partial charge in [0.25, 0.3) is 5.91 Å². The molecule has 3 aromatic carbocycles. The van der Waals surface area contributed by atoms with Crippen LogP contribution >= 0.6 is 11.8 Å². The highest BCUT2D eigenvalue weighted by molar-refractivity contribution is 8.15. The number of nitrogens with one attached hydrogen (secondary N) is 2. The zero-order valence-electron chi connectivity index (χ0n) is 23.5. The Bertz CT molecular complexity index is 1660. The maximum absolute atomic E-state index is 13.7. The van der Waals surface area contributed by atoms with Crippen LogP contribution in [0.25, 0.3) is 0 Å². The molecule has 2 N–H and O–H groups in total. The monoisotopic (exact) mass is 599 g/mol. The van der Waals surface area contributed by atoms with Crippen LogP contribution in [-0.2, 0) is 20.9 Å². The number of para-hydroxylation sites is 1. The van der Waals surface area contributed by atoms with Crippen molar-refractivity contribution in [2.45, 2.75) is 37.6 Å². The fourth-order valence-corrected chi connectivity index (χ4v) is 5.91. The molecule has 3 heterocycles. The molecule has 3 aliphatic heterocycles. The van der Waals surface area contributed by atoms with Crippen molar-refractivity contribution in [2.75, 3.05) is 19.2 Å². The predicted octanol–water partition coefficient (Wildman–Crippen LogP) is 4.24. The number of hydrogen-bond donors (Lipinski definition) is 2. The molecule has 43 heavy (non-hydrogen) atoms. The van der Waals surface area contributed by atoms with Crippen LogP contribution < -0.4 is 24.8 Å². The first kappa shape index (κ1) is 28.3. The number of fused-ring (bicyclic) bond motifs is 4. The summed E-state index contributed by atoms with van der Waals surface area (Å²) < 4.78 is 16.0. The number of methoxy groups -OCH3 is 1. The molecule has 6 rings (SSSR count). The Morgan fingerprint density at radius 3 is 2.77 bits per heavy atom. The lowest BCUT2D eigenvalue weighted by atomic mass is 10.1. The summed E-state index contributed by atoms with van der Waals surface area (Å²) in [5, 5.41) is 5.59. The van der Waals surface area contributed by atoms with Gasteiger partial charge in [-0.2, -0.15) is 0 Å². The van der Waals surface area contributed by atoms with Gasteiger partial charge in [0, 0.05) is 23.9 Å². The molecule has 0 unspecified atom stereocenters. The first-order chi connectivity index (χ1) is 20.9. The number of ether oxygens (including phenoxy) is 3. The van der Waals surface area contributed by atoms with Gasteiger partial charge in [0.05, 0.1) is 24.5 Å². The van der Waals surface area contributed by atoms with Crippen LogP contribution in [0.15, 0.2) is 76.7 Å². The van der Waals surface area contributed by atoms with E-state index in [0.29, 0.717) is 51.6 Å². The molecule has 0 aromatic heterocycles. The summed E-state index contributed by atoms with van der Waals surface area (Å²) in [6.07, 6.45) is 0.359. The second-order valence-electron chi connectivity index (χ2n) is 9.96. The standard InChI is InChI=1S/C31H29N5O6S/c1-3-26(29(38)33-19-7-6-8-20(14-19)40-2)43-31-35-22-10-5-4-9-21(22)28-34-23(30(39)36(28)31)15-27(37)32-16-18-11-12-24-25(13-18)42-17-41-24/h4-14,23,26H,3,15-17H2,1-2H3,(H,32,37)(H,33,38)/t23-,26-/m1/s1. The molecule has 0 saturated carbocycles. The lowest BCUT2D eigenvalue weighted by molar-refractivity contribution is -0.128. The summed E-state index contributed by atoms with van der Waals surface area (Å²) in [6, 6.07) is 19.0. The van der Waals surface area contributed by atoms with E-state index in [2.05, 4.69) is 15.6 Å². The third-order valence-corrected chi connectivity index (χ3v) is 8.42. The minimum absolute atomic E-state index is 0.128. The Morgan fingerprint density at radius 2 is 1.93 bits per heavy atom. The van der Waals surface area contributed by atoms with Crippen molar-refractivity contribution in [3.63, 3.8) is 0 Å². The fraction of sp³-hybridized carbons (Fsp3) is 0.258. The number of amidine groups is 2. The van der Waals surface area contributed by atoms with E-state index in [4.69, 9.17) is 19.2 Å². The zero-order chi connectivity index (χ0) is 29.9. The number of anilines is 1. The van der Waals surface area contributed by atoms with Crippen molar-refractivity contribution in [3.8, 4) is 17.2 Å². The van der Waals surface area contributed by atoms with Crippen LogP contribution in [0.5, 0.6) is 17.2 Å². The normalized spacial score (nSPS) is 16.9. The first-order valence-electron chi connectivity index (χ1n) is 13.8. The lowest BCUT2D eigenvalue weighted by Crippen LogP contribution is -2.43. The van der Waals surface area contributed by atoms with Crippen LogP contribution in [0.4, 0.5) is 11.4 Å². The van der Waals surface area contributed by atoms with Gasteiger partial charge in [-0.15, -0.1) is 0 Å². The SMILES string of the molecule is CC[C@@H](SC1=Nc2ccccc2C2=N[C@H](CC(=O)NCc3ccc4c(c3)OCO4)C(=O)N12)C(=O)Nc1cccc(OC)c1. The molecule has 0 spiro atoms. The molecular formula is C31H29N5O6S. The van der Waals surface area contributed by atoms with Crippen LogP contribution in [0.3, 0.4) is 0 Å². The average molecular weight is 600 g/mol. The number of aliphatic imine (C=N–C) groups is 2. The molecule has 0 saturated heterocycles. The number of thioether (sulfide) groups is 1. The fourth-order valence-electron chi connectivity index (χ4n) is 4.89. The smallest absolute Gasteiger partial charge is 0.259 e. The molecule has 0 radical (unpaired) electrons. The maximum atomic E-state index is 13.7. The molecular weight excluding hydrogens is 570 g/mol. The third kappa shape index (κ3) is 5.91. The molecule has 12 heteroatoms. The summed E-state index contributed by atoms with van der Waals surface area (Å²) >= 11 is 1.19. The molecule has 3 amide bonds. The van der Waals surface area contributed by atoms with Gasteiger partial charge < -0.3 is 24.8 Å². The highest BCUT2D eigenvalue weighted by Crippen LogP contribution is 2.36. The van der Waals surface area contributed by atoms with Crippen molar-refractivity contribution in [1.82, 2.24) is 10.2 Å². The quantitative estimate of drug-likeness (QED) is 0.376. The van der Waals surface area contributed by atoms with Crippen LogP contribution in [-0.4, -0.2) is 58.8 Å². The van der Waals surface area contributed by atoms with E-state index >= 15 is 0 Å².